The summed E-state index contributed by atoms with van der Waals surface area (Å²) in [6.07, 6.45) is 5.42. The van der Waals surface area contributed by atoms with Crippen molar-refractivity contribution in [3.8, 4) is 0 Å². The van der Waals surface area contributed by atoms with Crippen LogP contribution >= 0.6 is 0 Å². The van der Waals surface area contributed by atoms with Crippen molar-refractivity contribution in [2.75, 3.05) is 31.1 Å². The maximum Gasteiger partial charge on any atom is 0.123 e. The Labute approximate surface area is 166 Å². The molecule has 28 heavy (non-hydrogen) atoms. The van der Waals surface area contributed by atoms with Crippen molar-refractivity contribution >= 4 is 5.69 Å². The molecule has 0 unspecified atom stereocenters. The second-order valence-electron chi connectivity index (χ2n) is 8.82. The van der Waals surface area contributed by atoms with Crippen LogP contribution in [0.3, 0.4) is 0 Å². The van der Waals surface area contributed by atoms with Gasteiger partial charge in [-0.2, -0.15) is 0 Å². The molecule has 0 radical (unpaired) electrons. The highest BCUT2D eigenvalue weighted by Gasteiger charge is 2.45. The van der Waals surface area contributed by atoms with Gasteiger partial charge in [-0.25, -0.2) is 4.39 Å². The Morgan fingerprint density at radius 1 is 0.893 bits per heavy atom. The molecule has 0 bridgehead atoms. The lowest BCUT2D eigenvalue weighted by molar-refractivity contribution is 0.0935. The summed E-state index contributed by atoms with van der Waals surface area (Å²) in [6.45, 7) is 4.17. The van der Waals surface area contributed by atoms with Crippen LogP contribution in [0.25, 0.3) is 0 Å². The third kappa shape index (κ3) is 3.13. The normalized spacial score (nSPS) is 30.6. The van der Waals surface area contributed by atoms with E-state index in [0.29, 0.717) is 6.04 Å². The molecule has 4 heteroatoms. The van der Waals surface area contributed by atoms with Gasteiger partial charge >= 0.3 is 0 Å². The van der Waals surface area contributed by atoms with E-state index in [9.17, 15) is 9.50 Å². The fraction of sp³-hybridized carbons (Fsp3) is 0.500. The Hall–Kier alpha value is -1.91. The first kappa shape index (κ1) is 18.1. The van der Waals surface area contributed by atoms with Crippen LogP contribution < -0.4 is 4.90 Å². The predicted octanol–water partition coefficient (Wildman–Crippen LogP) is 4.27. The van der Waals surface area contributed by atoms with Crippen molar-refractivity contribution in [3.05, 3.63) is 65.5 Å². The zero-order valence-electron chi connectivity index (χ0n) is 16.4. The van der Waals surface area contributed by atoms with Crippen LogP contribution in [0.2, 0.25) is 0 Å². The maximum atomic E-state index is 13.2. The van der Waals surface area contributed by atoms with Gasteiger partial charge in [-0.15, -0.1) is 0 Å². The Balaban J connectivity index is 1.20. The van der Waals surface area contributed by atoms with Crippen LogP contribution in [0.4, 0.5) is 10.1 Å². The van der Waals surface area contributed by atoms with Crippen molar-refractivity contribution in [3.63, 3.8) is 0 Å². The lowest BCUT2D eigenvalue weighted by atomic mass is 9.68. The number of anilines is 1. The molecule has 1 atom stereocenters. The molecule has 3 nitrogen and oxygen atoms in total. The van der Waals surface area contributed by atoms with Crippen LogP contribution in [0.1, 0.15) is 49.3 Å². The van der Waals surface area contributed by atoms with E-state index >= 15 is 0 Å². The Morgan fingerprint density at radius 2 is 1.57 bits per heavy atom. The van der Waals surface area contributed by atoms with Gasteiger partial charge < -0.3 is 10.0 Å². The number of rotatable bonds is 2. The third-order valence-electron chi connectivity index (χ3n) is 7.41. The van der Waals surface area contributed by atoms with E-state index in [0.717, 1.165) is 43.9 Å². The number of benzene rings is 2. The van der Waals surface area contributed by atoms with E-state index in [1.807, 2.05) is 18.2 Å². The van der Waals surface area contributed by atoms with Crippen LogP contribution in [-0.4, -0.2) is 42.2 Å². The van der Waals surface area contributed by atoms with Crippen LogP contribution in [0, 0.1) is 5.82 Å². The number of hydrogen-bond acceptors (Lipinski definition) is 3. The molecule has 1 N–H and O–H groups in total. The lowest BCUT2D eigenvalue weighted by Crippen LogP contribution is -2.52. The van der Waals surface area contributed by atoms with Crippen molar-refractivity contribution in [2.24, 2.45) is 0 Å². The third-order valence-corrected chi connectivity index (χ3v) is 7.41. The number of halogens is 1. The maximum absolute atomic E-state index is 13.2. The van der Waals surface area contributed by atoms with Crippen molar-refractivity contribution < 1.29 is 9.50 Å². The van der Waals surface area contributed by atoms with E-state index in [1.165, 1.54) is 31.2 Å². The molecule has 3 aliphatic rings. The molecular weight excluding hydrogens is 351 g/mol. The van der Waals surface area contributed by atoms with E-state index in [-0.39, 0.29) is 17.3 Å². The summed E-state index contributed by atoms with van der Waals surface area (Å²) >= 11 is 0. The summed E-state index contributed by atoms with van der Waals surface area (Å²) in [4.78, 5) is 5.02. The highest BCUT2D eigenvalue weighted by atomic mass is 19.1. The van der Waals surface area contributed by atoms with Crippen molar-refractivity contribution in [1.29, 1.82) is 0 Å². The number of nitrogens with zero attached hydrogens (tertiary/aromatic N) is 2. The largest absolute Gasteiger partial charge is 0.388 e. The number of hydrogen-bond donors (Lipinski definition) is 1. The molecule has 148 valence electrons. The zero-order chi connectivity index (χ0) is 19.1. The standard InChI is InChI=1S/C24H29FN2O/c25-18-5-7-19(8-6-18)26-13-15-27(16-14-26)20-9-11-24(12-10-20)17-23(28)21-3-1-2-4-22(21)24/h1-8,20,23,28H,9-17H2/t20?,23-,24?/m0/s1. The zero-order valence-corrected chi connectivity index (χ0v) is 16.4. The van der Waals surface area contributed by atoms with Gasteiger partial charge in [-0.3, -0.25) is 4.90 Å². The second kappa shape index (κ2) is 7.16. The van der Waals surface area contributed by atoms with Crippen molar-refractivity contribution in [2.45, 2.75) is 49.7 Å². The molecule has 1 saturated carbocycles. The lowest BCUT2D eigenvalue weighted by Gasteiger charge is -2.45. The first-order chi connectivity index (χ1) is 13.6. The molecule has 2 fully saturated rings. The second-order valence-corrected chi connectivity index (χ2v) is 8.82. The Morgan fingerprint density at radius 3 is 2.29 bits per heavy atom. The molecule has 2 aromatic carbocycles. The molecule has 2 aliphatic carbocycles. The topological polar surface area (TPSA) is 26.7 Å². The quantitative estimate of drug-likeness (QED) is 0.843. The number of aliphatic hydroxyl groups excluding tert-OH is 1. The summed E-state index contributed by atoms with van der Waals surface area (Å²) in [6, 6.07) is 16.1. The molecule has 0 aromatic heterocycles. The minimum Gasteiger partial charge on any atom is -0.388 e. The van der Waals surface area contributed by atoms with Crippen LogP contribution in [0.15, 0.2) is 48.5 Å². The van der Waals surface area contributed by atoms with Crippen LogP contribution in [0.5, 0.6) is 0 Å². The molecule has 2 aromatic rings. The summed E-state index contributed by atoms with van der Waals surface area (Å²) < 4.78 is 13.2. The summed E-state index contributed by atoms with van der Waals surface area (Å²) in [5, 5.41) is 10.5. The molecule has 1 spiro atoms. The minimum atomic E-state index is -0.285. The monoisotopic (exact) mass is 380 g/mol. The summed E-state index contributed by atoms with van der Waals surface area (Å²) in [5.74, 6) is -0.169. The average Bonchev–Trinajstić information content (AvgIpc) is 3.01. The first-order valence-electron chi connectivity index (χ1n) is 10.7. The highest BCUT2D eigenvalue weighted by molar-refractivity contribution is 5.46. The smallest absolute Gasteiger partial charge is 0.123 e. The van der Waals surface area contributed by atoms with Gasteiger partial charge in [0.05, 0.1) is 6.10 Å². The molecule has 0 amide bonds. The minimum absolute atomic E-state index is 0.169. The fourth-order valence-corrected chi connectivity index (χ4v) is 5.85. The van der Waals surface area contributed by atoms with Gasteiger partial charge in [0.2, 0.25) is 0 Å². The highest BCUT2D eigenvalue weighted by Crippen LogP contribution is 2.53. The summed E-state index contributed by atoms with van der Waals surface area (Å²) in [5.41, 5.74) is 3.89. The van der Waals surface area contributed by atoms with Crippen molar-refractivity contribution in [1.82, 2.24) is 4.90 Å². The molecule has 1 heterocycles. The number of piperazine rings is 1. The van der Waals surface area contributed by atoms with E-state index in [2.05, 4.69) is 28.0 Å². The first-order valence-corrected chi connectivity index (χ1v) is 10.7. The van der Waals surface area contributed by atoms with Gasteiger partial charge in [0, 0.05) is 37.9 Å². The average molecular weight is 381 g/mol. The molecular formula is C24H29FN2O. The summed E-state index contributed by atoms with van der Waals surface area (Å²) in [7, 11) is 0. The molecule has 5 rings (SSSR count). The van der Waals surface area contributed by atoms with Gasteiger partial charge in [0.1, 0.15) is 5.82 Å². The van der Waals surface area contributed by atoms with E-state index in [4.69, 9.17) is 0 Å². The Kier molecular flexibility index (Phi) is 4.64. The van der Waals surface area contributed by atoms with Gasteiger partial charge in [-0.1, -0.05) is 24.3 Å². The molecule has 1 saturated heterocycles. The number of fused-ring (bicyclic) bond motifs is 2. The SMILES string of the molecule is O[C@H]1CC2(CCC(N3CCN(c4ccc(F)cc4)CC3)CC2)c2ccccc21. The molecule has 1 aliphatic heterocycles. The predicted molar refractivity (Wildman–Crippen MR) is 110 cm³/mol. The number of aliphatic hydroxyl groups is 1. The van der Waals surface area contributed by atoms with Crippen LogP contribution in [-0.2, 0) is 5.41 Å². The van der Waals surface area contributed by atoms with Gasteiger partial charge in [-0.05, 0) is 72.9 Å². The van der Waals surface area contributed by atoms with Gasteiger partial charge in [0.15, 0.2) is 0 Å². The fourth-order valence-electron chi connectivity index (χ4n) is 5.85. The van der Waals surface area contributed by atoms with E-state index < -0.39 is 0 Å². The van der Waals surface area contributed by atoms with Gasteiger partial charge in [0.25, 0.3) is 0 Å². The Bertz CT molecular complexity index is 821. The van der Waals surface area contributed by atoms with E-state index in [1.54, 1.807) is 12.1 Å².